The van der Waals surface area contributed by atoms with Crippen molar-refractivity contribution >= 4 is 5.96 Å². The van der Waals surface area contributed by atoms with Crippen LogP contribution in [0.1, 0.15) is 33.3 Å². The SMILES string of the molecule is CCNC(=NCCc1ccccc1)NC1CN(C(C)C)CC1C. The minimum Gasteiger partial charge on any atom is -0.357 e. The van der Waals surface area contributed by atoms with Gasteiger partial charge in [-0.1, -0.05) is 37.3 Å². The summed E-state index contributed by atoms with van der Waals surface area (Å²) in [5.41, 5.74) is 1.34. The third kappa shape index (κ3) is 5.54. The van der Waals surface area contributed by atoms with Crippen LogP contribution in [0.5, 0.6) is 0 Å². The molecule has 1 aliphatic rings. The van der Waals surface area contributed by atoms with Crippen LogP contribution in [-0.4, -0.2) is 49.1 Å². The molecule has 1 fully saturated rings. The maximum atomic E-state index is 4.75. The lowest BCUT2D eigenvalue weighted by Gasteiger charge is -2.22. The highest BCUT2D eigenvalue weighted by Crippen LogP contribution is 2.18. The number of rotatable bonds is 6. The van der Waals surface area contributed by atoms with Crippen LogP contribution in [0.25, 0.3) is 0 Å². The number of aliphatic imine (C=N–C) groups is 1. The van der Waals surface area contributed by atoms with E-state index in [-0.39, 0.29) is 0 Å². The van der Waals surface area contributed by atoms with Crippen LogP contribution in [-0.2, 0) is 6.42 Å². The Hall–Kier alpha value is -1.55. The smallest absolute Gasteiger partial charge is 0.191 e. The zero-order chi connectivity index (χ0) is 16.7. The second-order valence-electron chi connectivity index (χ2n) is 6.77. The highest BCUT2D eigenvalue weighted by atomic mass is 15.3. The summed E-state index contributed by atoms with van der Waals surface area (Å²) in [5, 5.41) is 7.02. The van der Waals surface area contributed by atoms with Crippen LogP contribution < -0.4 is 10.6 Å². The van der Waals surface area contributed by atoms with Crippen LogP contribution in [0.2, 0.25) is 0 Å². The van der Waals surface area contributed by atoms with Gasteiger partial charge in [-0.3, -0.25) is 9.89 Å². The van der Waals surface area contributed by atoms with E-state index < -0.39 is 0 Å². The summed E-state index contributed by atoms with van der Waals surface area (Å²) in [6, 6.07) is 11.6. The summed E-state index contributed by atoms with van der Waals surface area (Å²) in [7, 11) is 0. The summed E-state index contributed by atoms with van der Waals surface area (Å²) < 4.78 is 0. The molecule has 4 nitrogen and oxygen atoms in total. The predicted octanol–water partition coefficient (Wildman–Crippen LogP) is 2.51. The molecule has 0 aliphatic carbocycles. The molecule has 0 aromatic heterocycles. The molecule has 1 aromatic carbocycles. The number of benzene rings is 1. The van der Waals surface area contributed by atoms with Crippen molar-refractivity contribution in [3.8, 4) is 0 Å². The summed E-state index contributed by atoms with van der Waals surface area (Å²) >= 11 is 0. The summed E-state index contributed by atoms with van der Waals surface area (Å²) in [6.07, 6.45) is 0.982. The topological polar surface area (TPSA) is 39.7 Å². The van der Waals surface area contributed by atoms with Gasteiger partial charge in [-0.05, 0) is 38.7 Å². The molecular weight excluding hydrogens is 284 g/mol. The first-order valence-electron chi connectivity index (χ1n) is 8.93. The maximum absolute atomic E-state index is 4.75. The highest BCUT2D eigenvalue weighted by Gasteiger charge is 2.31. The van der Waals surface area contributed by atoms with Crippen molar-refractivity contribution in [3.63, 3.8) is 0 Å². The van der Waals surface area contributed by atoms with Crippen molar-refractivity contribution in [1.29, 1.82) is 0 Å². The molecule has 0 spiro atoms. The molecule has 1 aromatic rings. The molecule has 128 valence electrons. The van der Waals surface area contributed by atoms with Crippen molar-refractivity contribution in [2.24, 2.45) is 10.9 Å². The van der Waals surface area contributed by atoms with Crippen molar-refractivity contribution in [3.05, 3.63) is 35.9 Å². The van der Waals surface area contributed by atoms with Gasteiger partial charge in [-0.25, -0.2) is 0 Å². The highest BCUT2D eigenvalue weighted by molar-refractivity contribution is 5.80. The molecule has 2 atom stereocenters. The summed E-state index contributed by atoms with van der Waals surface area (Å²) in [4.78, 5) is 7.29. The lowest BCUT2D eigenvalue weighted by atomic mass is 10.1. The molecule has 1 heterocycles. The van der Waals surface area contributed by atoms with Gasteiger partial charge < -0.3 is 10.6 Å². The number of hydrogen-bond donors (Lipinski definition) is 2. The van der Waals surface area contributed by atoms with E-state index in [2.05, 4.69) is 73.6 Å². The quantitative estimate of drug-likeness (QED) is 0.626. The Bertz CT molecular complexity index is 483. The van der Waals surface area contributed by atoms with E-state index in [0.29, 0.717) is 18.0 Å². The monoisotopic (exact) mass is 316 g/mol. The lowest BCUT2D eigenvalue weighted by molar-refractivity contribution is 0.265. The zero-order valence-corrected chi connectivity index (χ0v) is 15.0. The van der Waals surface area contributed by atoms with Gasteiger partial charge in [0.1, 0.15) is 0 Å². The lowest BCUT2D eigenvalue weighted by Crippen LogP contribution is -2.46. The molecule has 1 aliphatic heterocycles. The Balaban J connectivity index is 1.89. The van der Waals surface area contributed by atoms with Gasteiger partial charge >= 0.3 is 0 Å². The Morgan fingerprint density at radius 2 is 2.00 bits per heavy atom. The van der Waals surface area contributed by atoms with E-state index in [1.165, 1.54) is 12.1 Å². The first-order chi connectivity index (χ1) is 11.1. The van der Waals surface area contributed by atoms with E-state index in [4.69, 9.17) is 4.99 Å². The number of likely N-dealkylation sites (tertiary alicyclic amines) is 1. The minimum absolute atomic E-state index is 0.479. The molecule has 23 heavy (non-hydrogen) atoms. The molecule has 0 saturated carbocycles. The average Bonchev–Trinajstić information content (AvgIpc) is 2.90. The van der Waals surface area contributed by atoms with Crippen LogP contribution in [0, 0.1) is 5.92 Å². The molecule has 0 bridgehead atoms. The molecule has 2 rings (SSSR count). The van der Waals surface area contributed by atoms with E-state index in [9.17, 15) is 0 Å². The first kappa shape index (κ1) is 17.8. The Labute approximate surface area is 141 Å². The van der Waals surface area contributed by atoms with Crippen molar-refractivity contribution in [1.82, 2.24) is 15.5 Å². The van der Waals surface area contributed by atoms with E-state index >= 15 is 0 Å². The van der Waals surface area contributed by atoms with Crippen molar-refractivity contribution < 1.29 is 0 Å². The fourth-order valence-corrected chi connectivity index (χ4v) is 3.05. The van der Waals surface area contributed by atoms with E-state index in [1.807, 2.05) is 0 Å². The third-order valence-electron chi connectivity index (χ3n) is 4.55. The van der Waals surface area contributed by atoms with Crippen LogP contribution in [0.15, 0.2) is 35.3 Å². The summed E-state index contributed by atoms with van der Waals surface area (Å²) in [6.45, 7) is 13.0. The molecule has 2 N–H and O–H groups in total. The number of guanidine groups is 1. The Morgan fingerprint density at radius 3 is 2.61 bits per heavy atom. The van der Waals surface area contributed by atoms with E-state index in [1.54, 1.807) is 0 Å². The predicted molar refractivity (Wildman–Crippen MR) is 98.9 cm³/mol. The molecule has 4 heteroatoms. The van der Waals surface area contributed by atoms with Crippen LogP contribution in [0.4, 0.5) is 0 Å². The number of nitrogens with zero attached hydrogens (tertiary/aromatic N) is 2. The van der Waals surface area contributed by atoms with Gasteiger partial charge in [0.05, 0.1) is 0 Å². The normalized spacial score (nSPS) is 22.6. The molecule has 2 unspecified atom stereocenters. The van der Waals surface area contributed by atoms with E-state index in [0.717, 1.165) is 32.0 Å². The third-order valence-corrected chi connectivity index (χ3v) is 4.55. The number of nitrogens with one attached hydrogen (secondary N) is 2. The molecular formula is C19H32N4. The first-order valence-corrected chi connectivity index (χ1v) is 8.93. The molecule has 0 radical (unpaired) electrons. The van der Waals surface area contributed by atoms with Gasteiger partial charge in [0, 0.05) is 38.3 Å². The average molecular weight is 316 g/mol. The van der Waals surface area contributed by atoms with Crippen molar-refractivity contribution in [2.75, 3.05) is 26.2 Å². The Morgan fingerprint density at radius 1 is 1.26 bits per heavy atom. The minimum atomic E-state index is 0.479. The fraction of sp³-hybridized carbons (Fsp3) is 0.632. The fourth-order valence-electron chi connectivity index (χ4n) is 3.05. The van der Waals surface area contributed by atoms with Gasteiger partial charge in [0.15, 0.2) is 5.96 Å². The second kappa shape index (κ2) is 8.92. The van der Waals surface area contributed by atoms with Gasteiger partial charge in [-0.2, -0.15) is 0 Å². The van der Waals surface area contributed by atoms with Crippen molar-refractivity contribution in [2.45, 2.75) is 46.2 Å². The van der Waals surface area contributed by atoms with Crippen LogP contribution >= 0.6 is 0 Å². The standard InChI is InChI=1S/C19H32N4/c1-5-20-19(21-12-11-17-9-7-6-8-10-17)22-18-14-23(15(2)3)13-16(18)4/h6-10,15-16,18H,5,11-14H2,1-4H3,(H2,20,21,22). The van der Waals surface area contributed by atoms with Gasteiger partial charge in [-0.15, -0.1) is 0 Å². The largest absolute Gasteiger partial charge is 0.357 e. The summed E-state index contributed by atoms with van der Waals surface area (Å²) in [5.74, 6) is 1.60. The molecule has 1 saturated heterocycles. The molecule has 0 amide bonds. The van der Waals surface area contributed by atoms with Gasteiger partial charge in [0.25, 0.3) is 0 Å². The van der Waals surface area contributed by atoms with Gasteiger partial charge in [0.2, 0.25) is 0 Å². The zero-order valence-electron chi connectivity index (χ0n) is 15.0. The number of hydrogen-bond acceptors (Lipinski definition) is 2. The Kier molecular flexibility index (Phi) is 6.90. The second-order valence-corrected chi connectivity index (χ2v) is 6.77. The maximum Gasteiger partial charge on any atom is 0.191 e. The van der Waals surface area contributed by atoms with Crippen LogP contribution in [0.3, 0.4) is 0 Å².